The lowest BCUT2D eigenvalue weighted by Gasteiger charge is -2.44. The number of Topliss-reactive ketones (excluding diaryl/α,β-unsaturated/α-hetero) is 1. The van der Waals surface area contributed by atoms with Crippen molar-refractivity contribution in [2.24, 2.45) is 5.41 Å². The van der Waals surface area contributed by atoms with E-state index in [0.717, 1.165) is 16.9 Å². The third kappa shape index (κ3) is 6.70. The van der Waals surface area contributed by atoms with E-state index < -0.39 is 17.7 Å². The molecule has 1 aromatic carbocycles. The molecule has 230 valence electrons. The van der Waals surface area contributed by atoms with Crippen molar-refractivity contribution in [1.29, 1.82) is 5.26 Å². The van der Waals surface area contributed by atoms with Crippen LogP contribution in [0.5, 0.6) is 5.75 Å². The number of ether oxygens (including phenoxy) is 1. The SMILES string of the molecule is CCOc1cc(-c2ccc(N3CCC(CC(=O)c4cc(F)ccc4C)(CN(C)CC(F)F)CC3)nc2)c2c(C#N)cnn2c1. The number of benzene rings is 1. The zero-order valence-corrected chi connectivity index (χ0v) is 25.1. The fourth-order valence-electron chi connectivity index (χ4n) is 6.18. The van der Waals surface area contributed by atoms with Crippen LogP contribution in [-0.2, 0) is 0 Å². The van der Waals surface area contributed by atoms with E-state index in [-0.39, 0.29) is 18.7 Å². The molecule has 11 heteroatoms. The minimum Gasteiger partial charge on any atom is -0.492 e. The Morgan fingerprint density at radius 2 is 1.95 bits per heavy atom. The molecule has 5 rings (SSSR count). The third-order valence-electron chi connectivity index (χ3n) is 8.32. The van der Waals surface area contributed by atoms with E-state index in [2.05, 4.69) is 16.1 Å². The number of anilines is 1. The van der Waals surface area contributed by atoms with Gasteiger partial charge in [-0.05, 0) is 75.0 Å². The highest BCUT2D eigenvalue weighted by molar-refractivity contribution is 5.98. The van der Waals surface area contributed by atoms with Crippen LogP contribution in [0.2, 0.25) is 0 Å². The van der Waals surface area contributed by atoms with Crippen molar-refractivity contribution < 1.29 is 22.7 Å². The highest BCUT2D eigenvalue weighted by Crippen LogP contribution is 2.39. The number of hydrogen-bond acceptors (Lipinski definition) is 7. The molecular formula is C33H35F3N6O2. The van der Waals surface area contributed by atoms with Gasteiger partial charge >= 0.3 is 0 Å². The van der Waals surface area contributed by atoms with Gasteiger partial charge in [-0.1, -0.05) is 6.07 Å². The first-order valence-electron chi connectivity index (χ1n) is 14.6. The number of aryl methyl sites for hydroxylation is 1. The number of halogens is 3. The Balaban J connectivity index is 1.36. The van der Waals surface area contributed by atoms with Gasteiger partial charge in [0.1, 0.15) is 23.5 Å². The Labute approximate surface area is 254 Å². The smallest absolute Gasteiger partial charge is 0.251 e. The molecule has 4 aromatic rings. The third-order valence-corrected chi connectivity index (χ3v) is 8.32. The van der Waals surface area contributed by atoms with Gasteiger partial charge in [-0.3, -0.25) is 4.79 Å². The summed E-state index contributed by atoms with van der Waals surface area (Å²) in [5.74, 6) is 0.718. The molecule has 0 aliphatic carbocycles. The van der Waals surface area contributed by atoms with Gasteiger partial charge in [0.2, 0.25) is 0 Å². The topological polar surface area (TPSA) is 86.8 Å². The van der Waals surface area contributed by atoms with E-state index in [1.54, 1.807) is 41.8 Å². The molecule has 8 nitrogen and oxygen atoms in total. The van der Waals surface area contributed by atoms with Gasteiger partial charge in [-0.25, -0.2) is 22.7 Å². The van der Waals surface area contributed by atoms with Gasteiger partial charge in [0.05, 0.1) is 36.6 Å². The van der Waals surface area contributed by atoms with Gasteiger partial charge in [0.15, 0.2) is 5.78 Å². The van der Waals surface area contributed by atoms with Crippen LogP contribution in [-0.4, -0.2) is 71.5 Å². The van der Waals surface area contributed by atoms with Crippen molar-refractivity contribution in [1.82, 2.24) is 19.5 Å². The number of ketones is 1. The van der Waals surface area contributed by atoms with Gasteiger partial charge in [0, 0.05) is 48.9 Å². The van der Waals surface area contributed by atoms with Crippen molar-refractivity contribution in [2.75, 3.05) is 44.7 Å². The van der Waals surface area contributed by atoms with Crippen molar-refractivity contribution in [2.45, 2.75) is 39.5 Å². The van der Waals surface area contributed by atoms with Crippen LogP contribution in [0.3, 0.4) is 0 Å². The van der Waals surface area contributed by atoms with Crippen LogP contribution in [0.25, 0.3) is 16.6 Å². The van der Waals surface area contributed by atoms with Crippen molar-refractivity contribution in [3.63, 3.8) is 0 Å². The van der Waals surface area contributed by atoms with Crippen LogP contribution >= 0.6 is 0 Å². The van der Waals surface area contributed by atoms with Gasteiger partial charge in [-0.15, -0.1) is 0 Å². The number of nitriles is 1. The summed E-state index contributed by atoms with van der Waals surface area (Å²) in [5, 5.41) is 13.9. The number of hydrogen-bond donors (Lipinski definition) is 0. The summed E-state index contributed by atoms with van der Waals surface area (Å²) in [6.07, 6.45) is 3.85. The molecule has 0 bridgehead atoms. The second-order valence-electron chi connectivity index (χ2n) is 11.5. The summed E-state index contributed by atoms with van der Waals surface area (Å²) in [6.45, 7) is 5.25. The molecule has 44 heavy (non-hydrogen) atoms. The molecule has 3 aromatic heterocycles. The average Bonchev–Trinajstić information content (AvgIpc) is 3.41. The Kier molecular flexibility index (Phi) is 9.20. The summed E-state index contributed by atoms with van der Waals surface area (Å²) in [5.41, 5.74) is 3.16. The minimum atomic E-state index is -2.48. The molecule has 1 aliphatic rings. The molecule has 0 atom stereocenters. The van der Waals surface area contributed by atoms with Crippen LogP contribution in [0, 0.1) is 29.5 Å². The summed E-state index contributed by atoms with van der Waals surface area (Å²) in [7, 11) is 1.65. The second-order valence-corrected chi connectivity index (χ2v) is 11.5. The number of nitrogens with zero attached hydrogens (tertiary/aromatic N) is 6. The standard InChI is InChI=1S/C33H35F3N6O2/c1-4-44-26-14-28(32-24(16-37)18-39-42(32)19-26)23-6-8-31(38-17-23)41-11-9-33(10-12-41,21-40(3)20-30(35)36)15-29(43)27-13-25(34)7-5-22(27)2/h5-8,13-14,17-19,30H,4,9-12,15,20-21H2,1-3H3. The lowest BCUT2D eigenvalue weighted by molar-refractivity contribution is 0.0574. The Bertz CT molecular complexity index is 1670. The molecule has 1 aliphatic heterocycles. The molecule has 0 amide bonds. The number of rotatable bonds is 11. The zero-order valence-electron chi connectivity index (χ0n) is 25.1. The van der Waals surface area contributed by atoms with Crippen molar-refractivity contribution in [3.8, 4) is 22.9 Å². The number of pyridine rings is 2. The van der Waals surface area contributed by atoms with Crippen molar-refractivity contribution >= 4 is 17.1 Å². The van der Waals surface area contributed by atoms with E-state index in [9.17, 15) is 23.2 Å². The molecular weight excluding hydrogens is 569 g/mol. The highest BCUT2D eigenvalue weighted by Gasteiger charge is 2.38. The largest absolute Gasteiger partial charge is 0.492 e. The monoisotopic (exact) mass is 604 g/mol. The second kappa shape index (κ2) is 13.1. The molecule has 4 heterocycles. The van der Waals surface area contributed by atoms with Crippen LogP contribution in [0.15, 0.2) is 55.0 Å². The summed E-state index contributed by atoms with van der Waals surface area (Å²) >= 11 is 0. The maximum absolute atomic E-state index is 14.0. The molecule has 1 saturated heterocycles. The van der Waals surface area contributed by atoms with E-state index in [4.69, 9.17) is 9.72 Å². The fraction of sp³-hybridized carbons (Fsp3) is 0.394. The van der Waals surface area contributed by atoms with Crippen molar-refractivity contribution in [3.05, 3.63) is 77.5 Å². The normalized spacial score (nSPS) is 14.8. The molecule has 0 N–H and O–H groups in total. The maximum atomic E-state index is 14.0. The molecule has 1 fully saturated rings. The van der Waals surface area contributed by atoms with Gasteiger partial charge in [-0.2, -0.15) is 10.4 Å². The van der Waals surface area contributed by atoms with E-state index in [1.807, 2.05) is 25.1 Å². The zero-order chi connectivity index (χ0) is 31.4. The summed E-state index contributed by atoms with van der Waals surface area (Å²) in [4.78, 5) is 21.9. The molecule has 0 saturated carbocycles. The van der Waals surface area contributed by atoms with E-state index in [0.29, 0.717) is 67.0 Å². The van der Waals surface area contributed by atoms with Gasteiger partial charge in [0.25, 0.3) is 6.43 Å². The molecule has 0 spiro atoms. The molecule has 0 radical (unpaired) electrons. The first-order valence-corrected chi connectivity index (χ1v) is 14.6. The number of alkyl halides is 2. The Hall–Kier alpha value is -4.43. The number of carbonyl (C=O) groups is 1. The lowest BCUT2D eigenvalue weighted by atomic mass is 9.73. The first-order chi connectivity index (χ1) is 21.1. The predicted molar refractivity (Wildman–Crippen MR) is 162 cm³/mol. The number of fused-ring (bicyclic) bond motifs is 1. The Morgan fingerprint density at radius 1 is 1.18 bits per heavy atom. The van der Waals surface area contributed by atoms with Crippen LogP contribution in [0.1, 0.15) is 47.7 Å². The first kappa shape index (κ1) is 31.0. The summed E-state index contributed by atoms with van der Waals surface area (Å²) in [6, 6.07) is 12.1. The lowest BCUT2D eigenvalue weighted by Crippen LogP contribution is -2.47. The van der Waals surface area contributed by atoms with E-state index >= 15 is 0 Å². The molecule has 0 unspecified atom stereocenters. The Morgan fingerprint density at radius 3 is 2.61 bits per heavy atom. The van der Waals surface area contributed by atoms with Gasteiger partial charge < -0.3 is 14.5 Å². The average molecular weight is 605 g/mol. The number of aromatic nitrogens is 3. The fourth-order valence-corrected chi connectivity index (χ4v) is 6.18. The summed E-state index contributed by atoms with van der Waals surface area (Å²) < 4.78 is 47.7. The highest BCUT2D eigenvalue weighted by atomic mass is 19.3. The van der Waals surface area contributed by atoms with E-state index in [1.165, 1.54) is 18.3 Å². The predicted octanol–water partition coefficient (Wildman–Crippen LogP) is 6.17. The van der Waals surface area contributed by atoms with Crippen LogP contribution in [0.4, 0.5) is 19.0 Å². The number of piperidine rings is 1. The quantitative estimate of drug-likeness (QED) is 0.189. The minimum absolute atomic E-state index is 0.143. The number of carbonyl (C=O) groups excluding carboxylic acids is 1. The maximum Gasteiger partial charge on any atom is 0.251 e. The van der Waals surface area contributed by atoms with Crippen LogP contribution < -0.4 is 9.64 Å².